The van der Waals surface area contributed by atoms with Gasteiger partial charge in [0.1, 0.15) is 0 Å². The molecule has 0 atom stereocenters. The van der Waals surface area contributed by atoms with Crippen molar-refractivity contribution in [2.45, 2.75) is 40.8 Å². The van der Waals surface area contributed by atoms with Gasteiger partial charge in [-0.25, -0.2) is 4.79 Å². The van der Waals surface area contributed by atoms with Gasteiger partial charge in [0.2, 0.25) is 0 Å². The van der Waals surface area contributed by atoms with E-state index in [4.69, 9.17) is 27.2 Å². The second kappa shape index (κ2) is 12.5. The lowest BCUT2D eigenvalue weighted by Gasteiger charge is -2.21. The van der Waals surface area contributed by atoms with Crippen LogP contribution in [0.5, 0.6) is 0 Å². The molecule has 0 bridgehead atoms. The molecule has 11 heteroatoms. The van der Waals surface area contributed by atoms with E-state index in [0.29, 0.717) is 5.56 Å². The van der Waals surface area contributed by atoms with Crippen LogP contribution in [0.25, 0.3) is 5.31 Å². The summed E-state index contributed by atoms with van der Waals surface area (Å²) in [5.41, 5.74) is 0.633. The predicted molar refractivity (Wildman–Crippen MR) is 109 cm³/mol. The van der Waals surface area contributed by atoms with Crippen LogP contribution in [0.2, 0.25) is 0 Å². The number of furan rings is 1. The third kappa shape index (κ3) is 7.52. The van der Waals surface area contributed by atoms with Crippen molar-refractivity contribution in [1.82, 2.24) is 0 Å². The zero-order chi connectivity index (χ0) is 21.9. The lowest BCUT2D eigenvalue weighted by molar-refractivity contribution is -0.137. The summed E-state index contributed by atoms with van der Waals surface area (Å²) < 4.78 is 58.1. The maximum absolute atomic E-state index is 13.4. The SMILES string of the molecule is CCOC(=O)C=C(c1cocc1CP(=O)(OCC)OCC)P(=O)(OCC)OCC. The molecule has 1 heterocycles. The molecule has 29 heavy (non-hydrogen) atoms. The quantitative estimate of drug-likeness (QED) is 0.213. The Morgan fingerprint density at radius 3 is 1.93 bits per heavy atom. The summed E-state index contributed by atoms with van der Waals surface area (Å²) in [5, 5.41) is -0.0389. The Bertz CT molecular complexity index is 749. The normalized spacial score (nSPS) is 12.9. The molecule has 0 radical (unpaired) electrons. The van der Waals surface area contributed by atoms with E-state index in [-0.39, 0.29) is 50.1 Å². The molecule has 1 rings (SSSR count). The van der Waals surface area contributed by atoms with Crippen LogP contribution >= 0.6 is 15.2 Å². The molecule has 0 aliphatic rings. The van der Waals surface area contributed by atoms with Crippen LogP contribution in [0.3, 0.4) is 0 Å². The van der Waals surface area contributed by atoms with Gasteiger partial charge < -0.3 is 27.2 Å². The van der Waals surface area contributed by atoms with E-state index in [1.807, 2.05) is 0 Å². The summed E-state index contributed by atoms with van der Waals surface area (Å²) in [6.45, 7) is 9.04. The number of ether oxygens (including phenoxy) is 1. The summed E-state index contributed by atoms with van der Waals surface area (Å²) in [5.74, 6) is -0.716. The Morgan fingerprint density at radius 1 is 0.897 bits per heavy atom. The molecular weight excluding hydrogens is 422 g/mol. The highest BCUT2D eigenvalue weighted by Gasteiger charge is 2.36. The van der Waals surface area contributed by atoms with Crippen molar-refractivity contribution in [2.24, 2.45) is 0 Å². The highest BCUT2D eigenvalue weighted by atomic mass is 31.2. The van der Waals surface area contributed by atoms with Crippen molar-refractivity contribution in [3.63, 3.8) is 0 Å². The van der Waals surface area contributed by atoms with Gasteiger partial charge in [-0.15, -0.1) is 0 Å². The fraction of sp³-hybridized carbons (Fsp3) is 0.611. The Morgan fingerprint density at radius 2 is 1.45 bits per heavy atom. The standard InChI is InChI=1S/C18H30O9P2/c1-6-23-18(19)11-17(29(21,26-9-4)27-10-5)16-13-22-12-15(16)14-28(20,24-7-2)25-8-3/h11-13H,6-10,14H2,1-5H3. The number of carbonyl (C=O) groups is 1. The molecule has 0 spiro atoms. The molecule has 0 aliphatic carbocycles. The van der Waals surface area contributed by atoms with E-state index in [2.05, 4.69) is 0 Å². The van der Waals surface area contributed by atoms with E-state index < -0.39 is 21.2 Å². The number of rotatable bonds is 14. The van der Waals surface area contributed by atoms with Crippen LogP contribution in [0.1, 0.15) is 45.7 Å². The predicted octanol–water partition coefficient (Wildman–Crippen LogP) is 5.22. The summed E-state index contributed by atoms with van der Waals surface area (Å²) in [6, 6.07) is 0. The molecule has 0 unspecified atom stereocenters. The van der Waals surface area contributed by atoms with Gasteiger partial charge in [0.05, 0.1) is 57.0 Å². The van der Waals surface area contributed by atoms with Crippen molar-refractivity contribution in [3.05, 3.63) is 29.7 Å². The van der Waals surface area contributed by atoms with Crippen molar-refractivity contribution < 1.29 is 41.2 Å². The summed E-state index contributed by atoms with van der Waals surface area (Å²) in [6.07, 6.45) is 3.53. The summed E-state index contributed by atoms with van der Waals surface area (Å²) in [4.78, 5) is 12.1. The monoisotopic (exact) mass is 452 g/mol. The molecule has 0 saturated heterocycles. The first-order chi connectivity index (χ1) is 13.8. The Kier molecular flexibility index (Phi) is 11.1. The van der Waals surface area contributed by atoms with Crippen molar-refractivity contribution >= 4 is 26.5 Å². The number of hydrogen-bond donors (Lipinski definition) is 0. The Hall–Kier alpha value is -1.21. The Labute approximate surface area is 171 Å². The minimum absolute atomic E-state index is 0.0389. The lowest BCUT2D eigenvalue weighted by Crippen LogP contribution is -2.06. The van der Waals surface area contributed by atoms with Crippen LogP contribution in [0, 0.1) is 0 Å². The van der Waals surface area contributed by atoms with Gasteiger partial charge in [-0.1, -0.05) is 0 Å². The molecule has 0 amide bonds. The highest BCUT2D eigenvalue weighted by molar-refractivity contribution is 7.65. The lowest BCUT2D eigenvalue weighted by atomic mass is 10.2. The summed E-state index contributed by atoms with van der Waals surface area (Å²) >= 11 is 0. The molecule has 1 aromatic rings. The average Bonchev–Trinajstić information content (AvgIpc) is 3.07. The van der Waals surface area contributed by atoms with Crippen molar-refractivity contribution in [2.75, 3.05) is 33.0 Å². The topological polar surface area (TPSA) is 110 Å². The zero-order valence-electron chi connectivity index (χ0n) is 17.5. The van der Waals surface area contributed by atoms with E-state index in [0.717, 1.165) is 6.08 Å². The third-order valence-corrected chi connectivity index (χ3v) is 7.66. The smallest absolute Gasteiger partial charge is 0.362 e. The second-order valence-electron chi connectivity index (χ2n) is 5.53. The van der Waals surface area contributed by atoms with Gasteiger partial charge in [-0.2, -0.15) is 0 Å². The second-order valence-corrected chi connectivity index (χ2v) is 9.58. The Balaban J connectivity index is 3.49. The molecule has 1 aromatic heterocycles. The maximum Gasteiger partial charge on any atom is 0.362 e. The molecule has 0 saturated carbocycles. The first-order valence-corrected chi connectivity index (χ1v) is 12.8. The molecular formula is C18H30O9P2. The molecule has 0 aromatic carbocycles. The molecule has 166 valence electrons. The number of hydrogen-bond acceptors (Lipinski definition) is 9. The zero-order valence-corrected chi connectivity index (χ0v) is 19.3. The maximum atomic E-state index is 13.4. The first-order valence-electron chi connectivity index (χ1n) is 9.50. The highest BCUT2D eigenvalue weighted by Crippen LogP contribution is 2.62. The first kappa shape index (κ1) is 25.8. The van der Waals surface area contributed by atoms with Crippen LogP contribution in [-0.4, -0.2) is 39.0 Å². The minimum atomic E-state index is -3.89. The van der Waals surface area contributed by atoms with Gasteiger partial charge in [-0.05, 0) is 34.6 Å². The molecule has 9 nitrogen and oxygen atoms in total. The molecule has 0 N–H and O–H groups in total. The van der Waals surface area contributed by atoms with E-state index in [1.54, 1.807) is 34.6 Å². The van der Waals surface area contributed by atoms with E-state index in [1.165, 1.54) is 12.5 Å². The van der Waals surface area contributed by atoms with Gasteiger partial charge in [0, 0.05) is 17.2 Å². The number of carbonyl (C=O) groups excluding carboxylic acids is 1. The van der Waals surface area contributed by atoms with Gasteiger partial charge >= 0.3 is 21.2 Å². The van der Waals surface area contributed by atoms with Crippen molar-refractivity contribution in [1.29, 1.82) is 0 Å². The van der Waals surface area contributed by atoms with Crippen LogP contribution < -0.4 is 0 Å². The van der Waals surface area contributed by atoms with Gasteiger partial charge in [0.25, 0.3) is 0 Å². The molecule has 0 aliphatic heterocycles. The average molecular weight is 452 g/mol. The van der Waals surface area contributed by atoms with E-state index in [9.17, 15) is 13.9 Å². The largest absolute Gasteiger partial charge is 0.472 e. The van der Waals surface area contributed by atoms with Crippen LogP contribution in [-0.2, 0) is 42.9 Å². The van der Waals surface area contributed by atoms with Crippen molar-refractivity contribution in [3.8, 4) is 0 Å². The molecule has 0 fully saturated rings. The minimum Gasteiger partial charge on any atom is -0.472 e. The summed E-state index contributed by atoms with van der Waals surface area (Å²) in [7, 11) is -7.37. The fourth-order valence-corrected chi connectivity index (χ4v) is 6.01. The van der Waals surface area contributed by atoms with Crippen LogP contribution in [0.15, 0.2) is 23.0 Å². The third-order valence-electron chi connectivity index (χ3n) is 3.47. The van der Waals surface area contributed by atoms with Gasteiger partial charge in [0.15, 0.2) is 0 Å². The fourth-order valence-electron chi connectivity index (χ4n) is 2.52. The van der Waals surface area contributed by atoms with Crippen LogP contribution in [0.4, 0.5) is 0 Å². The van der Waals surface area contributed by atoms with E-state index >= 15 is 0 Å². The number of esters is 1. The van der Waals surface area contributed by atoms with Gasteiger partial charge in [-0.3, -0.25) is 9.13 Å².